The second kappa shape index (κ2) is 6.04. The van der Waals surface area contributed by atoms with Gasteiger partial charge < -0.3 is 20.3 Å². The molecule has 7 heteroatoms. The number of nitrogens with zero attached hydrogens (tertiary/aromatic N) is 1. The van der Waals surface area contributed by atoms with Crippen LogP contribution >= 0.6 is 0 Å². The van der Waals surface area contributed by atoms with E-state index in [0.29, 0.717) is 18.5 Å². The highest BCUT2D eigenvalue weighted by Gasteiger charge is 2.36. The molecule has 0 saturated heterocycles. The first-order valence-electron chi connectivity index (χ1n) is 5.72. The Morgan fingerprint density at radius 3 is 2.56 bits per heavy atom. The fourth-order valence-electron chi connectivity index (χ4n) is 1.54. The number of aromatic nitrogens is 1. The molecule has 0 aliphatic rings. The van der Waals surface area contributed by atoms with Crippen molar-refractivity contribution in [3.8, 4) is 0 Å². The second-order valence-corrected chi connectivity index (χ2v) is 3.89. The molecule has 7 nitrogen and oxygen atoms in total. The number of aliphatic carboxylic acids is 1. The minimum atomic E-state index is -1.23. The molecule has 0 aliphatic carbocycles. The van der Waals surface area contributed by atoms with Gasteiger partial charge >= 0.3 is 12.0 Å². The molecule has 18 heavy (non-hydrogen) atoms. The zero-order valence-corrected chi connectivity index (χ0v) is 10.4. The summed E-state index contributed by atoms with van der Waals surface area (Å²) in [7, 11) is 0. The topological polar surface area (TPSA) is 104 Å². The molecule has 0 fully saturated rings. The number of urea groups is 1. The summed E-state index contributed by atoms with van der Waals surface area (Å²) in [5.74, 6) is -1.04. The molecule has 0 bridgehead atoms. The molecular weight excluding hydrogens is 238 g/mol. The number of carbonyl (C=O) groups is 2. The molecule has 0 aromatic carbocycles. The highest BCUT2D eigenvalue weighted by Crippen LogP contribution is 2.15. The Labute approximate surface area is 105 Å². The van der Waals surface area contributed by atoms with Gasteiger partial charge in [-0.3, -0.25) is 0 Å². The molecule has 1 aromatic rings. The normalized spacial score (nSPS) is 11.0. The van der Waals surface area contributed by atoms with Crippen molar-refractivity contribution in [2.45, 2.75) is 38.8 Å². The first-order valence-corrected chi connectivity index (χ1v) is 5.72. The number of nitrogens with one attached hydrogen (secondary N) is 2. The van der Waals surface area contributed by atoms with Crippen LogP contribution in [0.15, 0.2) is 16.9 Å². The van der Waals surface area contributed by atoms with E-state index in [1.165, 1.54) is 6.26 Å². The predicted molar refractivity (Wildman–Crippen MR) is 62.8 cm³/mol. The van der Waals surface area contributed by atoms with Crippen LogP contribution in [0.3, 0.4) is 0 Å². The van der Waals surface area contributed by atoms with Crippen LogP contribution in [0, 0.1) is 0 Å². The Bertz CT molecular complexity index is 398. The standard InChI is InChI=1S/C11H17N3O4/c1-3-11(4-2,9(15)16)13-10(17)12-7-8-5-6-18-14-8/h5-6H,3-4,7H2,1-2H3,(H,15,16)(H2,12,13,17). The fourth-order valence-corrected chi connectivity index (χ4v) is 1.54. The van der Waals surface area contributed by atoms with E-state index >= 15 is 0 Å². The molecule has 1 aromatic heterocycles. The maximum atomic E-state index is 11.6. The van der Waals surface area contributed by atoms with Crippen LogP contribution in [-0.4, -0.2) is 27.8 Å². The van der Waals surface area contributed by atoms with Crippen molar-refractivity contribution in [2.75, 3.05) is 0 Å². The van der Waals surface area contributed by atoms with Gasteiger partial charge in [-0.25, -0.2) is 9.59 Å². The zero-order chi connectivity index (χ0) is 13.6. The monoisotopic (exact) mass is 255 g/mol. The number of carbonyl (C=O) groups excluding carboxylic acids is 1. The highest BCUT2D eigenvalue weighted by atomic mass is 16.5. The summed E-state index contributed by atoms with van der Waals surface area (Å²) < 4.78 is 4.61. The fraction of sp³-hybridized carbons (Fsp3) is 0.545. The van der Waals surface area contributed by atoms with E-state index in [9.17, 15) is 9.59 Å². The number of carboxylic acids is 1. The number of amides is 2. The van der Waals surface area contributed by atoms with Gasteiger partial charge in [0.25, 0.3) is 0 Å². The van der Waals surface area contributed by atoms with Gasteiger partial charge in [0.15, 0.2) is 0 Å². The number of rotatable bonds is 6. The van der Waals surface area contributed by atoms with Crippen molar-refractivity contribution < 1.29 is 19.2 Å². The minimum absolute atomic E-state index is 0.186. The molecule has 2 amide bonds. The second-order valence-electron chi connectivity index (χ2n) is 3.89. The average Bonchev–Trinajstić information content (AvgIpc) is 2.86. The van der Waals surface area contributed by atoms with Crippen LogP contribution in [-0.2, 0) is 11.3 Å². The van der Waals surface area contributed by atoms with Gasteiger partial charge in [0.1, 0.15) is 17.5 Å². The van der Waals surface area contributed by atoms with Crippen LogP contribution < -0.4 is 10.6 Å². The van der Waals surface area contributed by atoms with Crippen LogP contribution in [0.4, 0.5) is 4.79 Å². The van der Waals surface area contributed by atoms with Crippen molar-refractivity contribution in [1.29, 1.82) is 0 Å². The van der Waals surface area contributed by atoms with E-state index in [0.717, 1.165) is 0 Å². The maximum absolute atomic E-state index is 11.6. The van der Waals surface area contributed by atoms with E-state index < -0.39 is 17.5 Å². The number of hydrogen-bond donors (Lipinski definition) is 3. The summed E-state index contributed by atoms with van der Waals surface area (Å²) in [5.41, 5.74) is -0.660. The van der Waals surface area contributed by atoms with E-state index in [4.69, 9.17) is 5.11 Å². The Balaban J connectivity index is 2.54. The minimum Gasteiger partial charge on any atom is -0.480 e. The lowest BCUT2D eigenvalue weighted by atomic mass is 9.93. The van der Waals surface area contributed by atoms with Gasteiger partial charge in [0.2, 0.25) is 0 Å². The molecule has 0 unspecified atom stereocenters. The van der Waals surface area contributed by atoms with Crippen molar-refractivity contribution in [3.05, 3.63) is 18.0 Å². The van der Waals surface area contributed by atoms with Crippen LogP contribution in [0.1, 0.15) is 32.4 Å². The Morgan fingerprint density at radius 1 is 1.44 bits per heavy atom. The highest BCUT2D eigenvalue weighted by molar-refractivity contribution is 5.86. The first-order chi connectivity index (χ1) is 8.54. The third-order valence-electron chi connectivity index (χ3n) is 2.89. The third-order valence-corrected chi connectivity index (χ3v) is 2.89. The summed E-state index contributed by atoms with van der Waals surface area (Å²) in [6, 6.07) is 1.08. The predicted octanol–water partition coefficient (Wildman–Crippen LogP) is 1.12. The first kappa shape index (κ1) is 14.0. The molecule has 0 saturated carbocycles. The largest absolute Gasteiger partial charge is 0.480 e. The quantitative estimate of drug-likeness (QED) is 0.706. The van der Waals surface area contributed by atoms with Crippen molar-refractivity contribution in [2.24, 2.45) is 0 Å². The van der Waals surface area contributed by atoms with Gasteiger partial charge in [0.05, 0.1) is 6.54 Å². The Kier molecular flexibility index (Phi) is 4.70. The molecule has 3 N–H and O–H groups in total. The van der Waals surface area contributed by atoms with Crippen molar-refractivity contribution in [1.82, 2.24) is 15.8 Å². The Hall–Kier alpha value is -2.05. The summed E-state index contributed by atoms with van der Waals surface area (Å²) in [4.78, 5) is 22.8. The molecule has 1 heterocycles. The van der Waals surface area contributed by atoms with E-state index in [2.05, 4.69) is 20.3 Å². The summed E-state index contributed by atoms with van der Waals surface area (Å²) in [5, 5.41) is 17.8. The van der Waals surface area contributed by atoms with Gasteiger partial charge in [-0.05, 0) is 12.8 Å². The lowest BCUT2D eigenvalue weighted by Crippen LogP contribution is -2.56. The average molecular weight is 255 g/mol. The van der Waals surface area contributed by atoms with Crippen LogP contribution in [0.2, 0.25) is 0 Å². The molecule has 0 spiro atoms. The van der Waals surface area contributed by atoms with E-state index in [1.807, 2.05) is 0 Å². The number of hydrogen-bond acceptors (Lipinski definition) is 4. The maximum Gasteiger partial charge on any atom is 0.329 e. The number of carboxylic acid groups (broad SMARTS) is 1. The molecule has 0 aliphatic heterocycles. The third kappa shape index (κ3) is 3.22. The molecular formula is C11H17N3O4. The van der Waals surface area contributed by atoms with Gasteiger partial charge in [-0.15, -0.1) is 0 Å². The van der Waals surface area contributed by atoms with E-state index in [-0.39, 0.29) is 6.54 Å². The van der Waals surface area contributed by atoms with E-state index in [1.54, 1.807) is 19.9 Å². The lowest BCUT2D eigenvalue weighted by Gasteiger charge is -2.27. The van der Waals surface area contributed by atoms with Crippen LogP contribution in [0.5, 0.6) is 0 Å². The smallest absolute Gasteiger partial charge is 0.329 e. The molecule has 100 valence electrons. The molecule has 0 atom stereocenters. The SMILES string of the molecule is CCC(CC)(NC(=O)NCc1ccon1)C(=O)O. The van der Waals surface area contributed by atoms with Crippen molar-refractivity contribution >= 4 is 12.0 Å². The summed E-state index contributed by atoms with van der Waals surface area (Å²) >= 11 is 0. The van der Waals surface area contributed by atoms with Gasteiger partial charge in [0, 0.05) is 6.07 Å². The zero-order valence-electron chi connectivity index (χ0n) is 10.4. The summed E-state index contributed by atoms with van der Waals surface area (Å²) in [6.07, 6.45) is 2.03. The van der Waals surface area contributed by atoms with Crippen LogP contribution in [0.25, 0.3) is 0 Å². The van der Waals surface area contributed by atoms with Gasteiger partial charge in [-0.2, -0.15) is 0 Å². The molecule has 1 rings (SSSR count). The van der Waals surface area contributed by atoms with Gasteiger partial charge in [-0.1, -0.05) is 19.0 Å². The lowest BCUT2D eigenvalue weighted by molar-refractivity contribution is -0.144. The molecule has 0 radical (unpaired) electrons. The van der Waals surface area contributed by atoms with Crippen molar-refractivity contribution in [3.63, 3.8) is 0 Å². The Morgan fingerprint density at radius 2 is 2.11 bits per heavy atom. The summed E-state index contributed by atoms with van der Waals surface area (Å²) in [6.45, 7) is 3.62.